The van der Waals surface area contributed by atoms with Crippen molar-refractivity contribution in [1.29, 1.82) is 0 Å². The second kappa shape index (κ2) is 16.5. The van der Waals surface area contributed by atoms with Gasteiger partial charge in [0.15, 0.2) is 0 Å². The molecule has 1 aromatic rings. The number of carbonyl (C=O) groups is 3. The molecular weight excluding hydrogens is 726 g/mol. The van der Waals surface area contributed by atoms with Crippen LogP contribution in [0.5, 0.6) is 0 Å². The topological polar surface area (TPSA) is 90.4 Å². The first kappa shape index (κ1) is 37.7. The lowest BCUT2D eigenvalue weighted by atomic mass is 9.75. The number of amides is 2. The van der Waals surface area contributed by atoms with Crippen LogP contribution in [0.2, 0.25) is 0 Å². The number of rotatable bonds is 7. The molecule has 1 N–H and O–H groups in total. The standard InChI is InChI=1S/C33H50IN3O3.C2HF3O2/c1-4-5-11-27-23-37(22-26-9-7-6-8-10-26)32(39)40-33(27)14-18-35(19-15-33)29-12-16-36(17-13-29)31(38)30-24(2)20-28(34)21-25(30)3;3-2(4,5)1(6)7/h20-21,26-27,29H,4-19,22-23H2,1-3H3;(H,6,7). The van der Waals surface area contributed by atoms with E-state index in [1.165, 1.54) is 48.5 Å². The van der Waals surface area contributed by atoms with E-state index in [1.54, 1.807) is 0 Å². The number of carbonyl (C=O) groups excluding carboxylic acids is 2. The van der Waals surface area contributed by atoms with Crippen LogP contribution in [-0.2, 0) is 9.53 Å². The van der Waals surface area contributed by atoms with Crippen molar-refractivity contribution in [2.24, 2.45) is 11.8 Å². The van der Waals surface area contributed by atoms with Crippen molar-refractivity contribution in [3.8, 4) is 0 Å². The summed E-state index contributed by atoms with van der Waals surface area (Å²) in [5.41, 5.74) is 2.75. The van der Waals surface area contributed by atoms with E-state index in [2.05, 4.69) is 70.2 Å². The smallest absolute Gasteiger partial charge is 0.475 e. The van der Waals surface area contributed by atoms with E-state index in [1.807, 2.05) is 0 Å². The summed E-state index contributed by atoms with van der Waals surface area (Å²) in [6.45, 7) is 11.8. The van der Waals surface area contributed by atoms with Gasteiger partial charge in [0.25, 0.3) is 5.91 Å². The fourth-order valence-electron chi connectivity index (χ4n) is 8.08. The molecule has 3 aliphatic heterocycles. The predicted molar refractivity (Wildman–Crippen MR) is 182 cm³/mol. The molecule has 0 bridgehead atoms. The highest BCUT2D eigenvalue weighted by Crippen LogP contribution is 2.42. The van der Waals surface area contributed by atoms with E-state index < -0.39 is 12.1 Å². The highest BCUT2D eigenvalue weighted by atomic mass is 127. The number of nitrogens with zero attached hydrogens (tertiary/aromatic N) is 3. The van der Waals surface area contributed by atoms with Gasteiger partial charge in [-0.15, -0.1) is 0 Å². The van der Waals surface area contributed by atoms with Gasteiger partial charge >= 0.3 is 18.2 Å². The van der Waals surface area contributed by atoms with Crippen LogP contribution in [0.15, 0.2) is 12.1 Å². The van der Waals surface area contributed by atoms with Crippen LogP contribution >= 0.6 is 22.6 Å². The highest BCUT2D eigenvalue weighted by molar-refractivity contribution is 14.1. The maximum absolute atomic E-state index is 13.4. The third kappa shape index (κ3) is 9.76. The average molecular weight is 778 g/mol. The van der Waals surface area contributed by atoms with Gasteiger partial charge in [0.2, 0.25) is 0 Å². The molecule has 2 amide bonds. The number of ether oxygens (including phenoxy) is 1. The zero-order valence-electron chi connectivity index (χ0n) is 28.0. The fraction of sp³-hybridized carbons (Fsp3) is 0.743. The van der Waals surface area contributed by atoms with Crippen LogP contribution in [0.1, 0.15) is 105 Å². The van der Waals surface area contributed by atoms with Crippen LogP contribution in [0, 0.1) is 29.3 Å². The van der Waals surface area contributed by atoms with Crippen molar-refractivity contribution >= 4 is 40.6 Å². The van der Waals surface area contributed by atoms with Gasteiger partial charge in [-0.1, -0.05) is 39.0 Å². The van der Waals surface area contributed by atoms with E-state index in [9.17, 15) is 22.8 Å². The Morgan fingerprint density at radius 2 is 1.57 bits per heavy atom. The summed E-state index contributed by atoms with van der Waals surface area (Å²) in [7, 11) is 0. The van der Waals surface area contributed by atoms with Gasteiger partial charge in [0.1, 0.15) is 5.60 Å². The van der Waals surface area contributed by atoms with Crippen LogP contribution in [0.25, 0.3) is 0 Å². The lowest BCUT2D eigenvalue weighted by Crippen LogP contribution is -2.61. The number of likely N-dealkylation sites (tertiary alicyclic amines) is 2. The SMILES string of the molecule is CCCCC1CN(CC2CCCCC2)C(=O)OC12CCN(C1CCN(C(=O)c3c(C)cc(I)cc3C)CC1)CC2.O=C(O)C(F)(F)F. The molecular formula is C35H51F3IN3O5. The minimum atomic E-state index is -5.08. The van der Waals surface area contributed by atoms with Gasteiger partial charge in [-0.05, 0) is 97.7 Å². The largest absolute Gasteiger partial charge is 0.490 e. The molecule has 3 saturated heterocycles. The average Bonchev–Trinajstić information content (AvgIpc) is 3.02. The monoisotopic (exact) mass is 777 g/mol. The van der Waals surface area contributed by atoms with Crippen molar-refractivity contribution in [2.75, 3.05) is 39.3 Å². The molecule has 0 aromatic heterocycles. The molecule has 1 aromatic carbocycles. The summed E-state index contributed by atoms with van der Waals surface area (Å²) < 4.78 is 39.4. The van der Waals surface area contributed by atoms with Crippen molar-refractivity contribution < 1.29 is 37.4 Å². The molecule has 264 valence electrons. The Kier molecular flexibility index (Phi) is 13.3. The second-order valence-corrected chi connectivity index (χ2v) is 15.2. The molecule has 1 spiro atoms. The Labute approximate surface area is 290 Å². The predicted octanol–water partition coefficient (Wildman–Crippen LogP) is 7.82. The summed E-state index contributed by atoms with van der Waals surface area (Å²) in [6.07, 6.45) is 8.85. The van der Waals surface area contributed by atoms with Crippen LogP contribution in [0.3, 0.4) is 0 Å². The van der Waals surface area contributed by atoms with E-state index in [0.29, 0.717) is 17.9 Å². The lowest BCUT2D eigenvalue weighted by molar-refractivity contribution is -0.192. The van der Waals surface area contributed by atoms with E-state index in [4.69, 9.17) is 14.6 Å². The highest BCUT2D eigenvalue weighted by Gasteiger charge is 2.50. The minimum Gasteiger partial charge on any atom is -0.475 e. The van der Waals surface area contributed by atoms with Crippen LogP contribution in [0.4, 0.5) is 18.0 Å². The van der Waals surface area contributed by atoms with Crippen molar-refractivity contribution in [2.45, 2.75) is 116 Å². The van der Waals surface area contributed by atoms with E-state index in [-0.39, 0.29) is 17.6 Å². The summed E-state index contributed by atoms with van der Waals surface area (Å²) >= 11 is 2.33. The normalized spacial score (nSPS) is 22.9. The van der Waals surface area contributed by atoms with E-state index in [0.717, 1.165) is 88.1 Å². The molecule has 1 saturated carbocycles. The third-order valence-electron chi connectivity index (χ3n) is 10.7. The van der Waals surface area contributed by atoms with Gasteiger partial charge in [0, 0.05) is 73.2 Å². The van der Waals surface area contributed by atoms with Crippen LogP contribution < -0.4 is 0 Å². The lowest BCUT2D eigenvalue weighted by Gasteiger charge is -2.52. The summed E-state index contributed by atoms with van der Waals surface area (Å²) in [5.74, 6) is -1.48. The molecule has 0 radical (unpaired) electrons. The molecule has 4 aliphatic rings. The van der Waals surface area contributed by atoms with Crippen molar-refractivity contribution in [3.05, 3.63) is 32.4 Å². The molecule has 1 aliphatic carbocycles. The third-order valence-corrected chi connectivity index (χ3v) is 11.3. The summed E-state index contributed by atoms with van der Waals surface area (Å²) in [6, 6.07) is 4.73. The van der Waals surface area contributed by atoms with Gasteiger partial charge in [-0.3, -0.25) is 9.69 Å². The second-order valence-electron chi connectivity index (χ2n) is 14.0. The molecule has 4 fully saturated rings. The van der Waals surface area contributed by atoms with Crippen LogP contribution in [-0.4, -0.2) is 94.9 Å². The number of piperidine rings is 2. The van der Waals surface area contributed by atoms with Gasteiger partial charge in [0.05, 0.1) is 0 Å². The number of carboxylic acids is 1. The molecule has 8 nitrogen and oxygen atoms in total. The molecule has 3 heterocycles. The van der Waals surface area contributed by atoms with Gasteiger partial charge < -0.3 is 19.6 Å². The Balaban J connectivity index is 0.000000644. The Hall–Kier alpha value is -2.09. The fourth-order valence-corrected chi connectivity index (χ4v) is 9.02. The zero-order valence-corrected chi connectivity index (χ0v) is 30.2. The first-order chi connectivity index (χ1) is 22.2. The number of halogens is 4. The van der Waals surface area contributed by atoms with Gasteiger partial charge in [-0.2, -0.15) is 13.2 Å². The Morgan fingerprint density at radius 1 is 1.00 bits per heavy atom. The number of aliphatic carboxylic acids is 1. The molecule has 5 rings (SSSR count). The zero-order chi connectivity index (χ0) is 34.4. The molecule has 1 atom stereocenters. The number of hydrogen-bond acceptors (Lipinski definition) is 5. The van der Waals surface area contributed by atoms with E-state index >= 15 is 0 Å². The molecule has 12 heteroatoms. The number of benzene rings is 1. The first-order valence-corrected chi connectivity index (χ1v) is 18.4. The van der Waals surface area contributed by atoms with Gasteiger partial charge in [-0.25, -0.2) is 9.59 Å². The maximum atomic E-state index is 13.4. The summed E-state index contributed by atoms with van der Waals surface area (Å²) in [4.78, 5) is 42.3. The maximum Gasteiger partial charge on any atom is 0.490 e. The number of hydrogen-bond donors (Lipinski definition) is 1. The Morgan fingerprint density at radius 3 is 2.11 bits per heavy atom. The number of unbranched alkanes of at least 4 members (excludes halogenated alkanes) is 1. The summed E-state index contributed by atoms with van der Waals surface area (Å²) in [5, 5.41) is 7.12. The molecule has 1 unspecified atom stereocenters. The Bertz CT molecular complexity index is 1220. The quantitative estimate of drug-likeness (QED) is 0.284. The van der Waals surface area contributed by atoms with Crippen molar-refractivity contribution in [3.63, 3.8) is 0 Å². The number of carboxylic acid groups (broad SMARTS) is 1. The number of alkyl halides is 3. The minimum absolute atomic E-state index is 0.0558. The number of aryl methyl sites for hydroxylation is 2. The molecule has 47 heavy (non-hydrogen) atoms. The van der Waals surface area contributed by atoms with Crippen molar-refractivity contribution in [1.82, 2.24) is 14.7 Å². The first-order valence-electron chi connectivity index (χ1n) is 17.3.